The lowest BCUT2D eigenvalue weighted by Crippen LogP contribution is -2.46. The number of carbonyl (C=O) groups excluding carboxylic acids is 2. The second kappa shape index (κ2) is 14.4. The normalized spacial score (nSPS) is 11.6. The average molecular weight is 610 g/mol. The third-order valence-corrected chi connectivity index (χ3v) is 6.98. The summed E-state index contributed by atoms with van der Waals surface area (Å²) in [5.41, 5.74) is -1.17. The number of tetrazole rings is 1. The van der Waals surface area contributed by atoms with Gasteiger partial charge in [0.25, 0.3) is 0 Å². The molecular weight excluding hydrogens is 576 g/mol. The Labute approximate surface area is 252 Å². The fourth-order valence-corrected chi connectivity index (χ4v) is 4.76. The molecular formula is C31H33F2N5O6. The number of aromatic nitrogens is 4. The average Bonchev–Trinajstić information content (AvgIpc) is 3.40. The molecule has 0 saturated carbocycles. The van der Waals surface area contributed by atoms with Gasteiger partial charge in [-0.25, -0.2) is 23.2 Å². The van der Waals surface area contributed by atoms with Crippen molar-refractivity contribution in [1.29, 1.82) is 0 Å². The third kappa shape index (κ3) is 6.61. The molecule has 0 spiro atoms. The molecule has 0 bridgehead atoms. The molecule has 232 valence electrons. The van der Waals surface area contributed by atoms with Gasteiger partial charge in [-0.3, -0.25) is 4.90 Å². The Morgan fingerprint density at radius 3 is 2.27 bits per heavy atom. The van der Waals surface area contributed by atoms with E-state index in [1.165, 1.54) is 31.3 Å². The van der Waals surface area contributed by atoms with Gasteiger partial charge in [0.1, 0.15) is 23.6 Å². The predicted octanol–water partition coefficient (Wildman–Crippen LogP) is 5.52. The third-order valence-electron chi connectivity index (χ3n) is 6.98. The molecule has 1 unspecified atom stereocenters. The first kappa shape index (κ1) is 31.9. The highest BCUT2D eigenvalue weighted by Crippen LogP contribution is 2.40. The maximum Gasteiger partial charge on any atom is 0.377 e. The molecule has 0 fully saturated rings. The monoisotopic (exact) mass is 609 g/mol. The number of para-hydroxylation sites is 1. The minimum Gasteiger partial charge on any atom is -0.496 e. The van der Waals surface area contributed by atoms with E-state index in [0.717, 1.165) is 43.0 Å². The number of benzene rings is 3. The Balaban J connectivity index is 1.80. The molecule has 0 saturated heterocycles. The summed E-state index contributed by atoms with van der Waals surface area (Å²) in [6.45, 7) is 3.77. The largest absolute Gasteiger partial charge is 0.496 e. The van der Waals surface area contributed by atoms with Crippen LogP contribution < -0.4 is 20.1 Å². The van der Waals surface area contributed by atoms with Gasteiger partial charge in [-0.05, 0) is 53.6 Å². The molecule has 11 nitrogen and oxygen atoms in total. The van der Waals surface area contributed by atoms with Gasteiger partial charge in [-0.1, -0.05) is 62.6 Å². The van der Waals surface area contributed by atoms with Gasteiger partial charge in [0, 0.05) is 6.04 Å². The molecule has 4 rings (SSSR count). The number of amides is 1. The van der Waals surface area contributed by atoms with Gasteiger partial charge in [-0.15, -0.1) is 4.68 Å². The molecule has 1 atom stereocenters. The molecule has 1 aromatic heterocycles. The van der Waals surface area contributed by atoms with Crippen LogP contribution >= 0.6 is 0 Å². The maximum absolute atomic E-state index is 14.5. The number of nitrogens with zero attached hydrogens (tertiary/aromatic N) is 5. The van der Waals surface area contributed by atoms with E-state index in [2.05, 4.69) is 10.4 Å². The summed E-state index contributed by atoms with van der Waals surface area (Å²) in [5, 5.41) is 7.22. The maximum atomic E-state index is 14.5. The summed E-state index contributed by atoms with van der Waals surface area (Å²) >= 11 is 0. The lowest BCUT2D eigenvalue weighted by molar-refractivity contribution is 0.0465. The van der Waals surface area contributed by atoms with Gasteiger partial charge < -0.3 is 14.2 Å². The quantitative estimate of drug-likeness (QED) is 0.117. The molecule has 0 aliphatic rings. The van der Waals surface area contributed by atoms with Gasteiger partial charge >= 0.3 is 17.7 Å². The van der Waals surface area contributed by atoms with Crippen molar-refractivity contribution in [3.63, 3.8) is 0 Å². The van der Waals surface area contributed by atoms with E-state index in [-0.39, 0.29) is 29.4 Å². The fraction of sp³-hybridized carbons (Fsp3) is 0.323. The van der Waals surface area contributed by atoms with Crippen molar-refractivity contribution in [3.8, 4) is 17.2 Å². The van der Waals surface area contributed by atoms with E-state index < -0.39 is 41.1 Å². The number of esters is 1. The SMILES string of the molecule is CCCCCC(C)N(C(=O)n1nnn(-c2c(F)cccc2F)c1=O)c1ccc(OC)c(C(=O)OCc2ccccc2)c1OC. The molecule has 44 heavy (non-hydrogen) atoms. The van der Waals surface area contributed by atoms with Crippen LogP contribution in [0.2, 0.25) is 0 Å². The standard InChI is InChI=1S/C31H33F2N5O6/c1-5-6-8-12-20(2)36(30(40)38-31(41)37(34-35-38)27-22(32)15-11-16-23(27)33)24-17-18-25(42-3)26(28(24)43-4)29(39)44-19-21-13-9-7-10-14-21/h7,9-11,13-18,20H,5-6,8,12,19H2,1-4H3. The lowest BCUT2D eigenvalue weighted by atomic mass is 10.1. The number of hydrogen-bond acceptors (Lipinski definition) is 8. The Bertz CT molecular complexity index is 1650. The number of methoxy groups -OCH3 is 2. The highest BCUT2D eigenvalue weighted by atomic mass is 19.1. The van der Waals surface area contributed by atoms with Crippen LogP contribution in [0, 0.1) is 11.6 Å². The van der Waals surface area contributed by atoms with E-state index >= 15 is 0 Å². The van der Waals surface area contributed by atoms with E-state index in [4.69, 9.17) is 14.2 Å². The van der Waals surface area contributed by atoms with Crippen LogP contribution in [0.3, 0.4) is 0 Å². The molecule has 13 heteroatoms. The number of anilines is 1. The van der Waals surface area contributed by atoms with Crippen LogP contribution in [0.25, 0.3) is 5.69 Å². The van der Waals surface area contributed by atoms with Gasteiger partial charge in [0.2, 0.25) is 0 Å². The number of unbranched alkanes of at least 4 members (excludes halogenated alkanes) is 2. The van der Waals surface area contributed by atoms with Crippen molar-refractivity contribution in [2.45, 2.75) is 52.2 Å². The van der Waals surface area contributed by atoms with Crippen molar-refractivity contribution < 1.29 is 32.6 Å². The van der Waals surface area contributed by atoms with Crippen LogP contribution in [0.1, 0.15) is 55.5 Å². The lowest BCUT2D eigenvalue weighted by Gasteiger charge is -2.30. The molecule has 0 aliphatic carbocycles. The predicted molar refractivity (Wildman–Crippen MR) is 158 cm³/mol. The van der Waals surface area contributed by atoms with Crippen LogP contribution in [0.5, 0.6) is 11.5 Å². The summed E-state index contributed by atoms with van der Waals surface area (Å²) in [7, 11) is 2.69. The zero-order valence-corrected chi connectivity index (χ0v) is 24.8. The molecule has 3 aromatic carbocycles. The van der Waals surface area contributed by atoms with Crippen molar-refractivity contribution in [1.82, 2.24) is 19.8 Å². The number of carbonyl (C=O) groups is 2. The summed E-state index contributed by atoms with van der Waals surface area (Å²) in [4.78, 5) is 42.0. The molecule has 1 heterocycles. The second-order valence-electron chi connectivity index (χ2n) is 9.91. The highest BCUT2D eigenvalue weighted by molar-refractivity contribution is 6.02. The van der Waals surface area contributed by atoms with Crippen LogP contribution in [0.4, 0.5) is 19.3 Å². The van der Waals surface area contributed by atoms with E-state index in [9.17, 15) is 23.2 Å². The van der Waals surface area contributed by atoms with Crippen molar-refractivity contribution in [2.24, 2.45) is 0 Å². The number of ether oxygens (including phenoxy) is 3. The minimum atomic E-state index is -1.19. The second-order valence-corrected chi connectivity index (χ2v) is 9.91. The number of hydrogen-bond donors (Lipinski definition) is 0. The fourth-order valence-electron chi connectivity index (χ4n) is 4.76. The molecule has 4 aromatic rings. The van der Waals surface area contributed by atoms with Crippen molar-refractivity contribution >= 4 is 17.7 Å². The van der Waals surface area contributed by atoms with E-state index in [0.29, 0.717) is 15.8 Å². The Hall–Kier alpha value is -5.07. The number of rotatable bonds is 12. The van der Waals surface area contributed by atoms with Crippen LogP contribution in [-0.4, -0.2) is 52.1 Å². The van der Waals surface area contributed by atoms with Crippen molar-refractivity contribution in [2.75, 3.05) is 19.1 Å². The number of halogens is 2. The topological polar surface area (TPSA) is 118 Å². The zero-order valence-electron chi connectivity index (χ0n) is 24.8. The van der Waals surface area contributed by atoms with Crippen molar-refractivity contribution in [3.05, 3.63) is 93.9 Å². The summed E-state index contributed by atoms with van der Waals surface area (Å²) < 4.78 is 46.4. The van der Waals surface area contributed by atoms with Crippen LogP contribution in [-0.2, 0) is 11.3 Å². The molecule has 0 radical (unpaired) electrons. The molecule has 0 N–H and O–H groups in total. The van der Waals surface area contributed by atoms with Gasteiger partial charge in [-0.2, -0.15) is 4.68 Å². The van der Waals surface area contributed by atoms with E-state index in [1.54, 1.807) is 19.1 Å². The van der Waals surface area contributed by atoms with E-state index in [1.807, 2.05) is 25.1 Å². The minimum absolute atomic E-state index is 0.0304. The first-order valence-corrected chi connectivity index (χ1v) is 14.0. The molecule has 0 aliphatic heterocycles. The summed E-state index contributed by atoms with van der Waals surface area (Å²) in [5.74, 6) is -2.81. The Kier molecular flexibility index (Phi) is 10.4. The molecule has 1 amide bonds. The highest BCUT2D eigenvalue weighted by Gasteiger charge is 2.33. The van der Waals surface area contributed by atoms with Gasteiger partial charge in [0.05, 0.1) is 19.9 Å². The Morgan fingerprint density at radius 1 is 0.932 bits per heavy atom. The van der Waals surface area contributed by atoms with Crippen LogP contribution in [0.15, 0.2) is 65.5 Å². The Morgan fingerprint density at radius 2 is 1.64 bits per heavy atom. The summed E-state index contributed by atoms with van der Waals surface area (Å²) in [6.07, 6.45) is 3.05. The zero-order chi connectivity index (χ0) is 31.8. The summed E-state index contributed by atoms with van der Waals surface area (Å²) in [6, 6.07) is 13.6. The smallest absolute Gasteiger partial charge is 0.377 e. The van der Waals surface area contributed by atoms with Gasteiger partial charge in [0.15, 0.2) is 17.4 Å². The first-order valence-electron chi connectivity index (χ1n) is 14.0. The first-order chi connectivity index (χ1) is 21.2.